The molecular formula is C21H19N3O3. The van der Waals surface area contributed by atoms with Gasteiger partial charge in [-0.25, -0.2) is 0 Å². The first-order valence-electron chi connectivity index (χ1n) is 8.88. The molecule has 0 bridgehead atoms. The smallest absolute Gasteiger partial charge is 0.258 e. The van der Waals surface area contributed by atoms with Crippen molar-refractivity contribution in [3.8, 4) is 34.5 Å². The molecule has 0 N–H and O–H groups in total. The summed E-state index contributed by atoms with van der Waals surface area (Å²) >= 11 is 0. The fraction of sp³-hybridized carbons (Fsp3) is 0.190. The van der Waals surface area contributed by atoms with Gasteiger partial charge in [-0.05, 0) is 43.5 Å². The van der Waals surface area contributed by atoms with E-state index in [0.29, 0.717) is 42.1 Å². The van der Waals surface area contributed by atoms with Gasteiger partial charge in [0.1, 0.15) is 5.69 Å². The number of pyridine rings is 1. The molecule has 0 aliphatic heterocycles. The molecule has 2 aromatic heterocycles. The molecule has 0 unspecified atom stereocenters. The molecular weight excluding hydrogens is 342 g/mol. The van der Waals surface area contributed by atoms with Crippen molar-refractivity contribution in [3.63, 3.8) is 0 Å². The minimum atomic E-state index is 0.406. The largest absolute Gasteiger partial charge is 0.490 e. The molecule has 136 valence electrons. The molecule has 27 heavy (non-hydrogen) atoms. The molecule has 0 fully saturated rings. The number of hydrogen-bond donors (Lipinski definition) is 0. The number of ether oxygens (including phenoxy) is 2. The van der Waals surface area contributed by atoms with Crippen LogP contribution < -0.4 is 9.47 Å². The maximum atomic E-state index is 5.67. The Labute approximate surface area is 156 Å². The summed E-state index contributed by atoms with van der Waals surface area (Å²) in [6.07, 6.45) is 1.75. The minimum Gasteiger partial charge on any atom is -0.490 e. The van der Waals surface area contributed by atoms with Crippen molar-refractivity contribution in [1.82, 2.24) is 15.1 Å². The fourth-order valence-corrected chi connectivity index (χ4v) is 2.92. The molecule has 6 nitrogen and oxygen atoms in total. The summed E-state index contributed by atoms with van der Waals surface area (Å²) in [7, 11) is 0. The van der Waals surface area contributed by atoms with Crippen molar-refractivity contribution in [1.29, 1.82) is 0 Å². The zero-order valence-electron chi connectivity index (χ0n) is 15.2. The second-order valence-electron chi connectivity index (χ2n) is 5.83. The normalized spacial score (nSPS) is 10.9. The summed E-state index contributed by atoms with van der Waals surface area (Å²) < 4.78 is 16.8. The van der Waals surface area contributed by atoms with Gasteiger partial charge in [-0.15, -0.1) is 0 Å². The molecule has 4 rings (SSSR count). The summed E-state index contributed by atoms with van der Waals surface area (Å²) in [5.74, 6) is 2.20. The van der Waals surface area contributed by atoms with Gasteiger partial charge in [-0.3, -0.25) is 4.98 Å². The molecule has 0 saturated heterocycles. The third kappa shape index (κ3) is 3.33. The van der Waals surface area contributed by atoms with Crippen LogP contribution in [-0.2, 0) is 0 Å². The fourth-order valence-electron chi connectivity index (χ4n) is 2.92. The second-order valence-corrected chi connectivity index (χ2v) is 5.83. The molecule has 0 aliphatic carbocycles. The average molecular weight is 361 g/mol. The van der Waals surface area contributed by atoms with Gasteiger partial charge in [0, 0.05) is 17.1 Å². The molecule has 6 heteroatoms. The Kier molecular flexibility index (Phi) is 4.70. The zero-order chi connectivity index (χ0) is 18.6. The van der Waals surface area contributed by atoms with E-state index in [4.69, 9.17) is 14.0 Å². The van der Waals surface area contributed by atoms with Gasteiger partial charge in [0.25, 0.3) is 5.89 Å². The Hall–Kier alpha value is -3.41. The van der Waals surface area contributed by atoms with Crippen LogP contribution in [0.2, 0.25) is 0 Å². The standard InChI is InChI=1S/C21H19N3O3/c1-3-25-17-10-9-15(13-18(17)26-4-2)21-23-20(24-27-21)19-16-8-6-5-7-14(16)11-12-22-19/h5-13H,3-4H2,1-2H3. The first kappa shape index (κ1) is 17.0. The molecule has 2 heterocycles. The highest BCUT2D eigenvalue weighted by atomic mass is 16.5. The highest BCUT2D eigenvalue weighted by Crippen LogP contribution is 2.33. The van der Waals surface area contributed by atoms with Crippen LogP contribution in [0.4, 0.5) is 0 Å². The van der Waals surface area contributed by atoms with Crippen LogP contribution in [0.1, 0.15) is 13.8 Å². The van der Waals surface area contributed by atoms with Gasteiger partial charge in [0.2, 0.25) is 5.82 Å². The maximum absolute atomic E-state index is 5.67. The lowest BCUT2D eigenvalue weighted by atomic mass is 10.1. The number of fused-ring (bicyclic) bond motifs is 1. The third-order valence-corrected chi connectivity index (χ3v) is 4.10. The quantitative estimate of drug-likeness (QED) is 0.494. The van der Waals surface area contributed by atoms with E-state index in [1.165, 1.54) is 0 Å². The van der Waals surface area contributed by atoms with Crippen LogP contribution in [0.3, 0.4) is 0 Å². The lowest BCUT2D eigenvalue weighted by Crippen LogP contribution is -1.98. The van der Waals surface area contributed by atoms with Crippen molar-refractivity contribution >= 4 is 10.8 Å². The van der Waals surface area contributed by atoms with Gasteiger partial charge in [-0.1, -0.05) is 29.4 Å². The first-order chi connectivity index (χ1) is 13.3. The van der Waals surface area contributed by atoms with Gasteiger partial charge in [0.05, 0.1) is 13.2 Å². The third-order valence-electron chi connectivity index (χ3n) is 4.10. The van der Waals surface area contributed by atoms with E-state index in [9.17, 15) is 0 Å². The van der Waals surface area contributed by atoms with Crippen LogP contribution >= 0.6 is 0 Å². The van der Waals surface area contributed by atoms with E-state index >= 15 is 0 Å². The monoisotopic (exact) mass is 361 g/mol. The number of benzene rings is 2. The number of aromatic nitrogens is 3. The molecule has 4 aromatic rings. The van der Waals surface area contributed by atoms with E-state index in [0.717, 1.165) is 16.3 Å². The predicted molar refractivity (Wildman–Crippen MR) is 103 cm³/mol. The Morgan fingerprint density at radius 1 is 0.926 bits per heavy atom. The number of hydrogen-bond acceptors (Lipinski definition) is 6. The van der Waals surface area contributed by atoms with Crippen LogP contribution in [0.5, 0.6) is 11.5 Å². The Bertz CT molecular complexity index is 1070. The molecule has 0 saturated carbocycles. The highest BCUT2D eigenvalue weighted by Gasteiger charge is 2.16. The summed E-state index contributed by atoms with van der Waals surface area (Å²) in [4.78, 5) is 8.98. The first-order valence-corrected chi connectivity index (χ1v) is 8.88. The van der Waals surface area contributed by atoms with Crippen molar-refractivity contribution in [3.05, 3.63) is 54.7 Å². The van der Waals surface area contributed by atoms with Crippen molar-refractivity contribution in [2.75, 3.05) is 13.2 Å². The topological polar surface area (TPSA) is 70.3 Å². The summed E-state index contributed by atoms with van der Waals surface area (Å²) in [6.45, 7) is 4.97. The predicted octanol–water partition coefficient (Wildman–Crippen LogP) is 4.75. The van der Waals surface area contributed by atoms with E-state index in [2.05, 4.69) is 15.1 Å². The van der Waals surface area contributed by atoms with E-state index in [1.807, 2.05) is 62.4 Å². The van der Waals surface area contributed by atoms with Crippen molar-refractivity contribution in [2.24, 2.45) is 0 Å². The lowest BCUT2D eigenvalue weighted by molar-refractivity contribution is 0.288. The summed E-state index contributed by atoms with van der Waals surface area (Å²) in [6, 6.07) is 15.5. The van der Waals surface area contributed by atoms with Crippen molar-refractivity contribution in [2.45, 2.75) is 13.8 Å². The zero-order valence-corrected chi connectivity index (χ0v) is 15.2. The average Bonchev–Trinajstić information content (AvgIpc) is 3.19. The highest BCUT2D eigenvalue weighted by molar-refractivity contribution is 5.92. The van der Waals surface area contributed by atoms with Gasteiger partial charge in [0.15, 0.2) is 11.5 Å². The van der Waals surface area contributed by atoms with Gasteiger partial charge in [-0.2, -0.15) is 4.98 Å². The molecule has 0 radical (unpaired) electrons. The Balaban J connectivity index is 1.73. The molecule has 0 amide bonds. The SMILES string of the molecule is CCOc1ccc(-c2nc(-c3nccc4ccccc34)no2)cc1OCC. The summed E-state index contributed by atoms with van der Waals surface area (Å²) in [5.41, 5.74) is 1.46. The lowest BCUT2D eigenvalue weighted by Gasteiger charge is -2.11. The molecule has 0 spiro atoms. The molecule has 0 atom stereocenters. The number of rotatable bonds is 6. The van der Waals surface area contributed by atoms with Crippen LogP contribution in [0, 0.1) is 0 Å². The second kappa shape index (κ2) is 7.45. The van der Waals surface area contributed by atoms with E-state index in [-0.39, 0.29) is 0 Å². The number of nitrogens with zero attached hydrogens (tertiary/aromatic N) is 3. The van der Waals surface area contributed by atoms with Crippen LogP contribution in [-0.4, -0.2) is 28.3 Å². The maximum Gasteiger partial charge on any atom is 0.258 e. The van der Waals surface area contributed by atoms with E-state index < -0.39 is 0 Å². The van der Waals surface area contributed by atoms with Gasteiger partial charge >= 0.3 is 0 Å². The van der Waals surface area contributed by atoms with E-state index in [1.54, 1.807) is 6.20 Å². The summed E-state index contributed by atoms with van der Waals surface area (Å²) in [5, 5.41) is 6.18. The minimum absolute atomic E-state index is 0.406. The Morgan fingerprint density at radius 2 is 1.74 bits per heavy atom. The van der Waals surface area contributed by atoms with Gasteiger partial charge < -0.3 is 14.0 Å². The molecule has 0 aliphatic rings. The van der Waals surface area contributed by atoms with Crippen molar-refractivity contribution < 1.29 is 14.0 Å². The Morgan fingerprint density at radius 3 is 2.59 bits per heavy atom. The van der Waals surface area contributed by atoms with Crippen LogP contribution in [0.15, 0.2) is 59.3 Å². The van der Waals surface area contributed by atoms with Crippen LogP contribution in [0.25, 0.3) is 33.7 Å². The molecule has 2 aromatic carbocycles.